The molecule has 0 radical (unpaired) electrons. The van der Waals surface area contributed by atoms with E-state index in [0.717, 1.165) is 6.42 Å². The van der Waals surface area contributed by atoms with Gasteiger partial charge in [-0.15, -0.1) is 0 Å². The van der Waals surface area contributed by atoms with Gasteiger partial charge in [-0.1, -0.05) is 17.7 Å². The molecular weight excluding hydrogens is 122 g/mol. The lowest BCUT2D eigenvalue weighted by Crippen LogP contribution is -2.19. The molecule has 0 fully saturated rings. The maximum absolute atomic E-state index is 5.77. The van der Waals surface area contributed by atoms with Crippen molar-refractivity contribution >= 4 is 0 Å². The minimum atomic E-state index is 0.303. The molecule has 0 aromatic carbocycles. The molecule has 0 aliphatic heterocycles. The first-order valence-electron chi connectivity index (χ1n) is 4.01. The molecule has 0 saturated carbocycles. The molecule has 0 saturated heterocycles. The molecule has 2 N–H and O–H groups in total. The number of allylic oxidation sites excluding steroid dienone is 2. The quantitative estimate of drug-likeness (QED) is 0.538. The number of nitrogens with two attached hydrogens (primary N) is 1. The van der Waals surface area contributed by atoms with Crippen molar-refractivity contribution in [3.63, 3.8) is 0 Å². The summed E-state index contributed by atoms with van der Waals surface area (Å²) in [6.45, 7) is 0. The van der Waals surface area contributed by atoms with Crippen LogP contribution < -0.4 is 5.73 Å². The topological polar surface area (TPSA) is 26.0 Å². The van der Waals surface area contributed by atoms with Crippen LogP contribution in [0, 0.1) is 0 Å². The SMILES string of the molecule is NC1C=CC2=C(CCC2)C1. The van der Waals surface area contributed by atoms with Crippen LogP contribution in [0.5, 0.6) is 0 Å². The molecule has 54 valence electrons. The largest absolute Gasteiger partial charge is 0.324 e. The maximum atomic E-state index is 5.77. The van der Waals surface area contributed by atoms with Crippen LogP contribution >= 0.6 is 0 Å². The van der Waals surface area contributed by atoms with Crippen LogP contribution in [0.25, 0.3) is 0 Å². The average molecular weight is 135 g/mol. The van der Waals surface area contributed by atoms with Crippen molar-refractivity contribution in [3.8, 4) is 0 Å². The van der Waals surface area contributed by atoms with Crippen molar-refractivity contribution in [2.24, 2.45) is 5.73 Å². The first kappa shape index (κ1) is 6.17. The Bertz CT molecular complexity index is 201. The molecule has 2 aliphatic carbocycles. The molecule has 0 bridgehead atoms. The van der Waals surface area contributed by atoms with Crippen molar-refractivity contribution in [1.29, 1.82) is 0 Å². The Morgan fingerprint density at radius 1 is 1.40 bits per heavy atom. The zero-order chi connectivity index (χ0) is 6.97. The van der Waals surface area contributed by atoms with Crippen molar-refractivity contribution < 1.29 is 0 Å². The van der Waals surface area contributed by atoms with E-state index in [0.29, 0.717) is 6.04 Å². The molecule has 0 heterocycles. The van der Waals surface area contributed by atoms with E-state index in [-0.39, 0.29) is 0 Å². The van der Waals surface area contributed by atoms with Gasteiger partial charge >= 0.3 is 0 Å². The van der Waals surface area contributed by atoms with Gasteiger partial charge in [0.05, 0.1) is 0 Å². The van der Waals surface area contributed by atoms with Gasteiger partial charge in [0.1, 0.15) is 0 Å². The van der Waals surface area contributed by atoms with E-state index in [1.165, 1.54) is 19.3 Å². The summed E-state index contributed by atoms with van der Waals surface area (Å²) in [5, 5.41) is 0. The maximum Gasteiger partial charge on any atom is 0.0264 e. The van der Waals surface area contributed by atoms with Crippen molar-refractivity contribution in [3.05, 3.63) is 23.3 Å². The standard InChI is InChI=1S/C9H13N/c10-9-5-4-7-2-1-3-8(7)6-9/h4-5,9H,1-3,6,10H2. The van der Waals surface area contributed by atoms with Crippen LogP contribution in [0.15, 0.2) is 23.3 Å². The summed E-state index contributed by atoms with van der Waals surface area (Å²) < 4.78 is 0. The molecule has 2 aliphatic rings. The summed E-state index contributed by atoms with van der Waals surface area (Å²) >= 11 is 0. The zero-order valence-corrected chi connectivity index (χ0v) is 6.14. The minimum absolute atomic E-state index is 0.303. The van der Waals surface area contributed by atoms with Crippen LogP contribution in [0.3, 0.4) is 0 Å². The van der Waals surface area contributed by atoms with Crippen LogP contribution in [-0.4, -0.2) is 6.04 Å². The Hall–Kier alpha value is -0.560. The fraction of sp³-hybridized carbons (Fsp3) is 0.556. The third kappa shape index (κ3) is 0.907. The Kier molecular flexibility index (Phi) is 1.38. The Labute approximate surface area is 61.6 Å². The van der Waals surface area contributed by atoms with Gasteiger partial charge in [0.25, 0.3) is 0 Å². The monoisotopic (exact) mass is 135 g/mol. The second-order valence-corrected chi connectivity index (χ2v) is 3.21. The molecule has 0 spiro atoms. The molecule has 10 heavy (non-hydrogen) atoms. The van der Waals surface area contributed by atoms with Gasteiger partial charge in [0, 0.05) is 6.04 Å². The van der Waals surface area contributed by atoms with Crippen LogP contribution in [-0.2, 0) is 0 Å². The molecule has 1 nitrogen and oxygen atoms in total. The Balaban J connectivity index is 2.22. The lowest BCUT2D eigenvalue weighted by molar-refractivity contribution is 0.762. The minimum Gasteiger partial charge on any atom is -0.324 e. The predicted molar refractivity (Wildman–Crippen MR) is 42.6 cm³/mol. The molecule has 0 aromatic heterocycles. The zero-order valence-electron chi connectivity index (χ0n) is 6.14. The second-order valence-electron chi connectivity index (χ2n) is 3.21. The summed E-state index contributed by atoms with van der Waals surface area (Å²) in [4.78, 5) is 0. The van der Waals surface area contributed by atoms with E-state index in [2.05, 4.69) is 12.2 Å². The van der Waals surface area contributed by atoms with E-state index in [1.807, 2.05) is 0 Å². The highest BCUT2D eigenvalue weighted by Crippen LogP contribution is 2.32. The van der Waals surface area contributed by atoms with E-state index in [9.17, 15) is 0 Å². The average Bonchev–Trinajstić information content (AvgIpc) is 2.33. The van der Waals surface area contributed by atoms with Crippen LogP contribution in [0.1, 0.15) is 25.7 Å². The van der Waals surface area contributed by atoms with E-state index in [4.69, 9.17) is 5.73 Å². The molecule has 1 unspecified atom stereocenters. The summed E-state index contributed by atoms with van der Waals surface area (Å²) in [5.41, 5.74) is 8.96. The third-order valence-electron chi connectivity index (χ3n) is 2.41. The molecule has 1 heteroatoms. The van der Waals surface area contributed by atoms with Crippen molar-refractivity contribution in [1.82, 2.24) is 0 Å². The Morgan fingerprint density at radius 3 is 3.20 bits per heavy atom. The molecule has 2 rings (SSSR count). The normalized spacial score (nSPS) is 31.1. The molecular formula is C9H13N. The van der Waals surface area contributed by atoms with Gasteiger partial charge in [-0.25, -0.2) is 0 Å². The number of hydrogen-bond acceptors (Lipinski definition) is 1. The Morgan fingerprint density at radius 2 is 2.30 bits per heavy atom. The second kappa shape index (κ2) is 2.24. The molecule has 0 aromatic rings. The highest BCUT2D eigenvalue weighted by atomic mass is 14.6. The smallest absolute Gasteiger partial charge is 0.0264 e. The lowest BCUT2D eigenvalue weighted by Gasteiger charge is -2.13. The summed E-state index contributed by atoms with van der Waals surface area (Å²) in [5.74, 6) is 0. The van der Waals surface area contributed by atoms with Gasteiger partial charge in [-0.3, -0.25) is 0 Å². The summed E-state index contributed by atoms with van der Waals surface area (Å²) in [6.07, 6.45) is 9.40. The highest BCUT2D eigenvalue weighted by molar-refractivity contribution is 5.34. The number of hydrogen-bond donors (Lipinski definition) is 1. The van der Waals surface area contributed by atoms with E-state index in [1.54, 1.807) is 11.1 Å². The fourth-order valence-electron chi connectivity index (χ4n) is 1.86. The fourth-order valence-corrected chi connectivity index (χ4v) is 1.86. The van der Waals surface area contributed by atoms with Gasteiger partial charge < -0.3 is 5.73 Å². The first-order chi connectivity index (χ1) is 4.86. The predicted octanol–water partition coefficient (Wildman–Crippen LogP) is 1.75. The molecule has 1 atom stereocenters. The van der Waals surface area contributed by atoms with Gasteiger partial charge in [-0.2, -0.15) is 0 Å². The van der Waals surface area contributed by atoms with Crippen molar-refractivity contribution in [2.75, 3.05) is 0 Å². The van der Waals surface area contributed by atoms with E-state index >= 15 is 0 Å². The first-order valence-corrected chi connectivity index (χ1v) is 4.01. The van der Waals surface area contributed by atoms with Gasteiger partial charge in [0.15, 0.2) is 0 Å². The molecule has 0 amide bonds. The van der Waals surface area contributed by atoms with Gasteiger partial charge in [0.2, 0.25) is 0 Å². The van der Waals surface area contributed by atoms with Crippen LogP contribution in [0.4, 0.5) is 0 Å². The van der Waals surface area contributed by atoms with Crippen LogP contribution in [0.2, 0.25) is 0 Å². The summed E-state index contributed by atoms with van der Waals surface area (Å²) in [7, 11) is 0. The summed E-state index contributed by atoms with van der Waals surface area (Å²) in [6, 6.07) is 0.303. The van der Waals surface area contributed by atoms with Crippen molar-refractivity contribution in [2.45, 2.75) is 31.7 Å². The highest BCUT2D eigenvalue weighted by Gasteiger charge is 2.17. The lowest BCUT2D eigenvalue weighted by atomic mass is 9.97. The van der Waals surface area contributed by atoms with E-state index < -0.39 is 0 Å². The number of rotatable bonds is 0. The third-order valence-corrected chi connectivity index (χ3v) is 2.41. The van der Waals surface area contributed by atoms with Gasteiger partial charge in [-0.05, 0) is 31.3 Å².